The van der Waals surface area contributed by atoms with Crippen molar-refractivity contribution in [3.05, 3.63) is 0 Å². The van der Waals surface area contributed by atoms with Gasteiger partial charge in [-0.1, -0.05) is 26.1 Å². The van der Waals surface area contributed by atoms with Gasteiger partial charge in [-0.05, 0) is 40.2 Å². The summed E-state index contributed by atoms with van der Waals surface area (Å²) in [6.07, 6.45) is 1.87. The topological polar surface area (TPSA) is 58.4 Å². The van der Waals surface area contributed by atoms with Crippen LogP contribution in [0.1, 0.15) is 47.5 Å². The Morgan fingerprint density at radius 3 is 2.39 bits per heavy atom. The quantitative estimate of drug-likeness (QED) is 0.661. The van der Waals surface area contributed by atoms with Crippen molar-refractivity contribution in [2.75, 3.05) is 13.1 Å². The molecule has 0 aliphatic rings. The second-order valence-corrected chi connectivity index (χ2v) is 5.86. The Labute approximate surface area is 116 Å². The normalized spacial score (nSPS) is 13.4. The van der Waals surface area contributed by atoms with Crippen LogP contribution in [0.5, 0.6) is 0 Å². The van der Waals surface area contributed by atoms with Gasteiger partial charge in [0.25, 0.3) is 0 Å². The third-order valence-electron chi connectivity index (χ3n) is 3.14. The maximum absolute atomic E-state index is 12.2. The Bertz CT molecular complexity index is 292. The summed E-state index contributed by atoms with van der Waals surface area (Å²) in [6, 6.07) is -0.211. The highest BCUT2D eigenvalue weighted by atomic mass is 32.1. The van der Waals surface area contributed by atoms with Gasteiger partial charge in [-0.2, -0.15) is 0 Å². The number of nitrogens with one attached hydrogen (secondary N) is 1. The lowest BCUT2D eigenvalue weighted by Gasteiger charge is -2.31. The Hall–Kier alpha value is -0.680. The maximum Gasteiger partial charge on any atom is 0.237 e. The number of thiocarbonyl (C=S) groups is 1. The van der Waals surface area contributed by atoms with Crippen molar-refractivity contribution in [3.63, 3.8) is 0 Å². The summed E-state index contributed by atoms with van der Waals surface area (Å²) in [5.41, 5.74) is 5.40. The minimum atomic E-state index is -0.211. The zero-order valence-electron chi connectivity index (χ0n) is 12.2. The van der Waals surface area contributed by atoms with Gasteiger partial charge < -0.3 is 11.1 Å². The molecule has 0 rings (SSSR count). The number of nitrogens with two attached hydrogens (primary N) is 1. The van der Waals surface area contributed by atoms with Crippen LogP contribution >= 0.6 is 12.2 Å². The molecule has 5 heteroatoms. The van der Waals surface area contributed by atoms with Gasteiger partial charge in [-0.3, -0.25) is 9.69 Å². The zero-order chi connectivity index (χ0) is 14.3. The molecule has 0 spiro atoms. The highest BCUT2D eigenvalue weighted by Crippen LogP contribution is 2.09. The standard InChI is InChI=1S/C13H27N3OS/c1-6-8-16(9-11(14)18)10(3)12(17)15-13(4,5)7-2/h10H,6-9H2,1-5H3,(H2,14,18)(H,15,17). The largest absolute Gasteiger partial charge is 0.392 e. The van der Waals surface area contributed by atoms with Gasteiger partial charge in [0.05, 0.1) is 11.0 Å². The van der Waals surface area contributed by atoms with Crippen LogP contribution in [0, 0.1) is 0 Å². The number of amides is 1. The first-order valence-corrected chi connectivity index (χ1v) is 6.98. The summed E-state index contributed by atoms with van der Waals surface area (Å²) in [5, 5.41) is 3.05. The summed E-state index contributed by atoms with van der Waals surface area (Å²) in [6.45, 7) is 11.4. The molecular formula is C13H27N3OS. The van der Waals surface area contributed by atoms with Crippen LogP contribution in [0.15, 0.2) is 0 Å². The average molecular weight is 273 g/mol. The lowest BCUT2D eigenvalue weighted by molar-refractivity contribution is -0.127. The molecule has 0 aliphatic heterocycles. The van der Waals surface area contributed by atoms with Crippen molar-refractivity contribution < 1.29 is 4.79 Å². The van der Waals surface area contributed by atoms with Crippen LogP contribution in [0.3, 0.4) is 0 Å². The molecule has 1 unspecified atom stereocenters. The van der Waals surface area contributed by atoms with Crippen LogP contribution in [-0.4, -0.2) is 40.5 Å². The molecular weight excluding hydrogens is 246 g/mol. The van der Waals surface area contributed by atoms with Crippen LogP contribution < -0.4 is 11.1 Å². The van der Waals surface area contributed by atoms with Crippen molar-refractivity contribution >= 4 is 23.1 Å². The number of hydrogen-bond donors (Lipinski definition) is 2. The van der Waals surface area contributed by atoms with Gasteiger partial charge in [-0.25, -0.2) is 0 Å². The van der Waals surface area contributed by atoms with Crippen LogP contribution in [0.2, 0.25) is 0 Å². The van der Waals surface area contributed by atoms with Gasteiger partial charge in [-0.15, -0.1) is 0 Å². The number of carbonyl (C=O) groups is 1. The monoisotopic (exact) mass is 273 g/mol. The predicted octanol–water partition coefficient (Wildman–Crippen LogP) is 1.68. The van der Waals surface area contributed by atoms with Gasteiger partial charge >= 0.3 is 0 Å². The van der Waals surface area contributed by atoms with E-state index in [4.69, 9.17) is 18.0 Å². The fourth-order valence-corrected chi connectivity index (χ4v) is 1.76. The molecule has 0 heterocycles. The lowest BCUT2D eigenvalue weighted by atomic mass is 10.0. The van der Waals surface area contributed by atoms with Gasteiger partial charge in [0.1, 0.15) is 0 Å². The summed E-state index contributed by atoms with van der Waals surface area (Å²) in [7, 11) is 0. The fourth-order valence-electron chi connectivity index (χ4n) is 1.59. The molecule has 0 aliphatic carbocycles. The molecule has 0 bridgehead atoms. The second-order valence-electron chi connectivity index (χ2n) is 5.34. The Balaban J connectivity index is 4.60. The summed E-state index contributed by atoms with van der Waals surface area (Å²) < 4.78 is 0. The fraction of sp³-hybridized carbons (Fsp3) is 0.846. The molecule has 1 atom stereocenters. The first-order chi connectivity index (χ1) is 8.23. The SMILES string of the molecule is CCCN(CC(N)=S)C(C)C(=O)NC(C)(C)CC. The van der Waals surface area contributed by atoms with E-state index in [1.165, 1.54) is 0 Å². The van der Waals surface area contributed by atoms with Crippen molar-refractivity contribution in [1.82, 2.24) is 10.2 Å². The van der Waals surface area contributed by atoms with Gasteiger partial charge in [0, 0.05) is 12.1 Å². The zero-order valence-corrected chi connectivity index (χ0v) is 13.1. The molecule has 18 heavy (non-hydrogen) atoms. The van der Waals surface area contributed by atoms with E-state index >= 15 is 0 Å². The number of rotatable bonds is 8. The van der Waals surface area contributed by atoms with E-state index in [0.29, 0.717) is 11.5 Å². The highest BCUT2D eigenvalue weighted by molar-refractivity contribution is 7.80. The van der Waals surface area contributed by atoms with E-state index in [0.717, 1.165) is 19.4 Å². The molecule has 0 saturated carbocycles. The van der Waals surface area contributed by atoms with Gasteiger partial charge in [0.15, 0.2) is 0 Å². The third kappa shape index (κ3) is 6.31. The summed E-state index contributed by atoms with van der Waals surface area (Å²) in [4.78, 5) is 14.6. The predicted molar refractivity (Wildman–Crippen MR) is 80.6 cm³/mol. The van der Waals surface area contributed by atoms with Crippen molar-refractivity contribution in [1.29, 1.82) is 0 Å². The van der Waals surface area contributed by atoms with E-state index in [1.807, 2.05) is 25.7 Å². The Kier molecular flexibility index (Phi) is 7.40. The number of nitrogens with zero attached hydrogens (tertiary/aromatic N) is 1. The molecule has 0 radical (unpaired) electrons. The van der Waals surface area contributed by atoms with E-state index in [-0.39, 0.29) is 17.5 Å². The lowest BCUT2D eigenvalue weighted by Crippen LogP contribution is -2.53. The Morgan fingerprint density at radius 1 is 1.44 bits per heavy atom. The average Bonchev–Trinajstić information content (AvgIpc) is 2.26. The van der Waals surface area contributed by atoms with Crippen LogP contribution in [-0.2, 0) is 4.79 Å². The molecule has 0 aromatic rings. The first-order valence-electron chi connectivity index (χ1n) is 6.57. The van der Waals surface area contributed by atoms with Gasteiger partial charge in [0.2, 0.25) is 5.91 Å². The maximum atomic E-state index is 12.2. The molecule has 0 aromatic heterocycles. The molecule has 0 aromatic carbocycles. The van der Waals surface area contributed by atoms with E-state index in [1.54, 1.807) is 0 Å². The van der Waals surface area contributed by atoms with Crippen molar-refractivity contribution in [3.8, 4) is 0 Å². The molecule has 0 fully saturated rings. The summed E-state index contributed by atoms with van der Waals surface area (Å²) >= 11 is 4.93. The van der Waals surface area contributed by atoms with Crippen LogP contribution in [0.4, 0.5) is 0 Å². The van der Waals surface area contributed by atoms with Crippen molar-refractivity contribution in [2.24, 2.45) is 5.73 Å². The van der Waals surface area contributed by atoms with E-state index < -0.39 is 0 Å². The number of carbonyl (C=O) groups excluding carboxylic acids is 1. The molecule has 0 saturated heterocycles. The molecule has 1 amide bonds. The molecule has 3 N–H and O–H groups in total. The third-order valence-corrected chi connectivity index (χ3v) is 3.27. The minimum Gasteiger partial charge on any atom is -0.392 e. The Morgan fingerprint density at radius 2 is 2.00 bits per heavy atom. The smallest absolute Gasteiger partial charge is 0.237 e. The minimum absolute atomic E-state index is 0.0338. The summed E-state index contributed by atoms with van der Waals surface area (Å²) in [5.74, 6) is 0.0338. The van der Waals surface area contributed by atoms with E-state index in [2.05, 4.69) is 19.2 Å². The van der Waals surface area contributed by atoms with Crippen LogP contribution in [0.25, 0.3) is 0 Å². The molecule has 106 valence electrons. The number of hydrogen-bond acceptors (Lipinski definition) is 3. The second kappa shape index (κ2) is 7.69. The first kappa shape index (κ1) is 17.3. The molecule has 4 nitrogen and oxygen atoms in total. The highest BCUT2D eigenvalue weighted by Gasteiger charge is 2.25. The van der Waals surface area contributed by atoms with Crippen molar-refractivity contribution in [2.45, 2.75) is 59.0 Å². The van der Waals surface area contributed by atoms with E-state index in [9.17, 15) is 4.79 Å².